The maximum atomic E-state index is 3.87. The van der Waals surface area contributed by atoms with Gasteiger partial charge in [-0.3, -0.25) is 0 Å². The van der Waals surface area contributed by atoms with Gasteiger partial charge in [0.15, 0.2) is 0 Å². The van der Waals surface area contributed by atoms with Crippen molar-refractivity contribution in [1.29, 1.82) is 0 Å². The van der Waals surface area contributed by atoms with Crippen LogP contribution >= 0.6 is 0 Å². The van der Waals surface area contributed by atoms with Crippen LogP contribution in [0.15, 0.2) is 0 Å². The molecule has 0 amide bonds. The number of rotatable bonds is 4. The topological polar surface area (TPSA) is 12.0 Å². The molecule has 0 bridgehead atoms. The van der Waals surface area contributed by atoms with E-state index in [1.54, 1.807) is 0 Å². The number of hydrogen-bond donors (Lipinski definition) is 1. The SMILES string of the molecule is CCC(NC1CCCC(C)CC1)C(C)C. The molecule has 1 rings (SSSR count). The second kappa shape index (κ2) is 6.52. The summed E-state index contributed by atoms with van der Waals surface area (Å²) in [5.74, 6) is 1.73. The summed E-state index contributed by atoms with van der Waals surface area (Å²) in [5.41, 5.74) is 0. The largest absolute Gasteiger partial charge is 0.311 e. The summed E-state index contributed by atoms with van der Waals surface area (Å²) in [4.78, 5) is 0. The first kappa shape index (κ1) is 13.0. The summed E-state index contributed by atoms with van der Waals surface area (Å²) >= 11 is 0. The number of nitrogens with one attached hydrogen (secondary N) is 1. The van der Waals surface area contributed by atoms with Crippen LogP contribution in [0.5, 0.6) is 0 Å². The smallest absolute Gasteiger partial charge is 0.00900 e. The average molecular weight is 211 g/mol. The Morgan fingerprint density at radius 3 is 2.47 bits per heavy atom. The molecule has 15 heavy (non-hydrogen) atoms. The van der Waals surface area contributed by atoms with Gasteiger partial charge in [-0.1, -0.05) is 40.5 Å². The second-order valence-corrected chi connectivity index (χ2v) is 5.74. The summed E-state index contributed by atoms with van der Waals surface area (Å²) in [6.45, 7) is 9.38. The lowest BCUT2D eigenvalue weighted by molar-refractivity contribution is 0.322. The zero-order chi connectivity index (χ0) is 11.3. The van der Waals surface area contributed by atoms with E-state index in [0.29, 0.717) is 0 Å². The highest BCUT2D eigenvalue weighted by atomic mass is 15.0. The molecule has 1 aliphatic rings. The molecule has 0 saturated heterocycles. The molecular formula is C14H29N. The Bertz CT molecular complexity index is 165. The lowest BCUT2D eigenvalue weighted by atomic mass is 9.98. The minimum absolute atomic E-state index is 0.725. The summed E-state index contributed by atoms with van der Waals surface area (Å²) < 4.78 is 0. The Morgan fingerprint density at radius 2 is 1.87 bits per heavy atom. The van der Waals surface area contributed by atoms with Crippen LogP contribution in [0.2, 0.25) is 0 Å². The lowest BCUT2D eigenvalue weighted by Crippen LogP contribution is -2.40. The van der Waals surface area contributed by atoms with E-state index < -0.39 is 0 Å². The predicted molar refractivity (Wildman–Crippen MR) is 68.1 cm³/mol. The fourth-order valence-corrected chi connectivity index (χ4v) is 2.74. The van der Waals surface area contributed by atoms with Crippen LogP contribution in [-0.4, -0.2) is 12.1 Å². The molecule has 1 nitrogen and oxygen atoms in total. The third kappa shape index (κ3) is 4.55. The van der Waals surface area contributed by atoms with Gasteiger partial charge < -0.3 is 5.32 Å². The zero-order valence-corrected chi connectivity index (χ0v) is 11.1. The first-order chi connectivity index (χ1) is 7.13. The first-order valence-corrected chi connectivity index (χ1v) is 6.89. The zero-order valence-electron chi connectivity index (χ0n) is 11.1. The molecule has 0 aromatic rings. The molecule has 1 N–H and O–H groups in total. The molecule has 0 aromatic heterocycles. The van der Waals surface area contributed by atoms with Gasteiger partial charge in [0.25, 0.3) is 0 Å². The van der Waals surface area contributed by atoms with Crippen molar-refractivity contribution in [2.24, 2.45) is 11.8 Å². The van der Waals surface area contributed by atoms with E-state index in [1.807, 2.05) is 0 Å². The molecule has 1 saturated carbocycles. The van der Waals surface area contributed by atoms with E-state index in [9.17, 15) is 0 Å². The monoisotopic (exact) mass is 211 g/mol. The van der Waals surface area contributed by atoms with Gasteiger partial charge in [0.05, 0.1) is 0 Å². The summed E-state index contributed by atoms with van der Waals surface area (Å²) in [6, 6.07) is 1.52. The van der Waals surface area contributed by atoms with Crippen LogP contribution < -0.4 is 5.32 Å². The first-order valence-electron chi connectivity index (χ1n) is 6.89. The van der Waals surface area contributed by atoms with Gasteiger partial charge in [-0.05, 0) is 37.5 Å². The van der Waals surface area contributed by atoms with Gasteiger partial charge in [0.2, 0.25) is 0 Å². The molecule has 0 aromatic carbocycles. The standard InChI is InChI=1S/C14H29N/c1-5-14(11(2)3)15-13-8-6-7-12(4)9-10-13/h11-15H,5-10H2,1-4H3. The van der Waals surface area contributed by atoms with Crippen molar-refractivity contribution in [3.05, 3.63) is 0 Å². The molecular weight excluding hydrogens is 182 g/mol. The van der Waals surface area contributed by atoms with Crippen molar-refractivity contribution in [3.8, 4) is 0 Å². The summed E-state index contributed by atoms with van der Waals surface area (Å²) in [6.07, 6.45) is 8.35. The molecule has 1 aliphatic carbocycles. The number of hydrogen-bond acceptors (Lipinski definition) is 1. The van der Waals surface area contributed by atoms with Gasteiger partial charge in [-0.25, -0.2) is 0 Å². The van der Waals surface area contributed by atoms with E-state index in [4.69, 9.17) is 0 Å². The van der Waals surface area contributed by atoms with Gasteiger partial charge in [-0.2, -0.15) is 0 Å². The quantitative estimate of drug-likeness (QED) is 0.694. The highest BCUT2D eigenvalue weighted by Crippen LogP contribution is 2.23. The van der Waals surface area contributed by atoms with Crippen LogP contribution in [0.4, 0.5) is 0 Å². The average Bonchev–Trinajstić information content (AvgIpc) is 2.39. The van der Waals surface area contributed by atoms with Crippen molar-refractivity contribution < 1.29 is 0 Å². The van der Waals surface area contributed by atoms with Crippen LogP contribution in [-0.2, 0) is 0 Å². The molecule has 0 heterocycles. The molecule has 1 fully saturated rings. The van der Waals surface area contributed by atoms with Crippen LogP contribution in [0.25, 0.3) is 0 Å². The fraction of sp³-hybridized carbons (Fsp3) is 1.00. The predicted octanol–water partition coefficient (Wildman–Crippen LogP) is 3.98. The Morgan fingerprint density at radius 1 is 1.13 bits per heavy atom. The molecule has 0 aliphatic heterocycles. The van der Waals surface area contributed by atoms with E-state index in [-0.39, 0.29) is 0 Å². The van der Waals surface area contributed by atoms with Crippen molar-refractivity contribution in [3.63, 3.8) is 0 Å². The van der Waals surface area contributed by atoms with Crippen LogP contribution in [0, 0.1) is 11.8 Å². The maximum absolute atomic E-state index is 3.87. The van der Waals surface area contributed by atoms with Crippen LogP contribution in [0.1, 0.15) is 66.2 Å². The van der Waals surface area contributed by atoms with Gasteiger partial charge in [0.1, 0.15) is 0 Å². The highest BCUT2D eigenvalue weighted by Gasteiger charge is 2.19. The molecule has 0 radical (unpaired) electrons. The molecule has 90 valence electrons. The third-order valence-corrected chi connectivity index (χ3v) is 3.95. The van der Waals surface area contributed by atoms with Crippen molar-refractivity contribution in [2.75, 3.05) is 0 Å². The fourth-order valence-electron chi connectivity index (χ4n) is 2.74. The van der Waals surface area contributed by atoms with E-state index >= 15 is 0 Å². The van der Waals surface area contributed by atoms with Crippen molar-refractivity contribution >= 4 is 0 Å². The van der Waals surface area contributed by atoms with E-state index in [0.717, 1.165) is 23.9 Å². The van der Waals surface area contributed by atoms with Crippen molar-refractivity contribution in [1.82, 2.24) is 5.32 Å². The van der Waals surface area contributed by atoms with Crippen LogP contribution in [0.3, 0.4) is 0 Å². The minimum atomic E-state index is 0.725. The normalized spacial score (nSPS) is 30.2. The Hall–Kier alpha value is -0.0400. The minimum Gasteiger partial charge on any atom is -0.311 e. The molecule has 3 unspecified atom stereocenters. The van der Waals surface area contributed by atoms with E-state index in [1.165, 1.54) is 38.5 Å². The second-order valence-electron chi connectivity index (χ2n) is 5.74. The van der Waals surface area contributed by atoms with E-state index in [2.05, 4.69) is 33.0 Å². The summed E-state index contributed by atoms with van der Waals surface area (Å²) in [5, 5.41) is 3.87. The Kier molecular flexibility index (Phi) is 5.66. The molecule has 3 atom stereocenters. The molecule has 1 heteroatoms. The lowest BCUT2D eigenvalue weighted by Gasteiger charge is -2.27. The molecule has 0 spiro atoms. The van der Waals surface area contributed by atoms with Gasteiger partial charge in [0, 0.05) is 12.1 Å². The Balaban J connectivity index is 2.36. The highest BCUT2D eigenvalue weighted by molar-refractivity contribution is 4.78. The van der Waals surface area contributed by atoms with Crippen molar-refractivity contribution in [2.45, 2.75) is 78.3 Å². The van der Waals surface area contributed by atoms with Gasteiger partial charge >= 0.3 is 0 Å². The Labute approximate surface area is 96.0 Å². The summed E-state index contributed by atoms with van der Waals surface area (Å²) in [7, 11) is 0. The third-order valence-electron chi connectivity index (χ3n) is 3.95. The maximum Gasteiger partial charge on any atom is 0.00900 e. The van der Waals surface area contributed by atoms with Gasteiger partial charge in [-0.15, -0.1) is 0 Å².